The van der Waals surface area contributed by atoms with Crippen LogP contribution in [0.15, 0.2) is 36.4 Å². The quantitative estimate of drug-likeness (QED) is 0.809. The summed E-state index contributed by atoms with van der Waals surface area (Å²) in [5.41, 5.74) is 7.44. The van der Waals surface area contributed by atoms with Gasteiger partial charge in [0.1, 0.15) is 0 Å². The summed E-state index contributed by atoms with van der Waals surface area (Å²) >= 11 is 0. The van der Waals surface area contributed by atoms with E-state index in [0.717, 1.165) is 56.4 Å². The van der Waals surface area contributed by atoms with Crippen molar-refractivity contribution in [2.45, 2.75) is 38.6 Å². The average molecular weight is 341 g/mol. The Kier molecular flexibility index (Phi) is 5.87. The normalized spacial score (nSPS) is 24.0. The van der Waals surface area contributed by atoms with Crippen molar-refractivity contribution in [3.05, 3.63) is 42.0 Å². The number of nitrogens with zero attached hydrogens (tertiary/aromatic N) is 1. The van der Waals surface area contributed by atoms with Crippen LogP contribution in [0.25, 0.3) is 0 Å². The highest BCUT2D eigenvalue weighted by Crippen LogP contribution is 2.24. The van der Waals surface area contributed by atoms with Gasteiger partial charge in [0.05, 0.1) is 5.92 Å². The molecule has 1 aliphatic heterocycles. The van der Waals surface area contributed by atoms with Crippen molar-refractivity contribution in [3.8, 4) is 0 Å². The number of nitrogens with two attached hydrogens (primary N) is 1. The largest absolute Gasteiger partial charge is 0.369 e. The average Bonchev–Trinajstić information content (AvgIpc) is 2.64. The summed E-state index contributed by atoms with van der Waals surface area (Å²) in [6.07, 6.45) is 8.80. The summed E-state index contributed by atoms with van der Waals surface area (Å²) in [6.45, 7) is 2.38. The Hall–Kier alpha value is -2.14. The van der Waals surface area contributed by atoms with Crippen molar-refractivity contribution in [3.63, 3.8) is 0 Å². The lowest BCUT2D eigenvalue weighted by Crippen LogP contribution is -2.40. The van der Waals surface area contributed by atoms with Crippen LogP contribution >= 0.6 is 0 Å². The Bertz CT molecular complexity index is 656. The zero-order valence-corrected chi connectivity index (χ0v) is 14.6. The number of carbonyl (C=O) groups excluding carboxylic acids is 2. The van der Waals surface area contributed by atoms with Gasteiger partial charge in [-0.25, -0.2) is 0 Å². The molecule has 1 aromatic carbocycles. The molecule has 5 heteroatoms. The summed E-state index contributed by atoms with van der Waals surface area (Å²) in [4.78, 5) is 26.3. The molecule has 3 rings (SSSR count). The molecule has 1 aromatic rings. The van der Waals surface area contributed by atoms with Crippen LogP contribution in [0.1, 0.15) is 37.7 Å². The molecule has 0 bridgehead atoms. The molecule has 0 unspecified atom stereocenters. The van der Waals surface area contributed by atoms with E-state index in [0.29, 0.717) is 6.54 Å². The number of carbonyl (C=O) groups is 2. The molecule has 0 spiro atoms. The van der Waals surface area contributed by atoms with E-state index in [1.54, 1.807) is 0 Å². The van der Waals surface area contributed by atoms with E-state index < -0.39 is 0 Å². The Morgan fingerprint density at radius 3 is 2.76 bits per heavy atom. The number of amides is 2. The molecule has 2 amide bonds. The van der Waals surface area contributed by atoms with Crippen molar-refractivity contribution in [2.75, 3.05) is 18.4 Å². The van der Waals surface area contributed by atoms with Gasteiger partial charge in [0.2, 0.25) is 11.8 Å². The lowest BCUT2D eigenvalue weighted by Gasteiger charge is -2.31. The van der Waals surface area contributed by atoms with Crippen LogP contribution in [0.4, 0.5) is 5.69 Å². The number of allylic oxidation sites excluding steroid dienone is 2. The molecule has 0 aromatic heterocycles. The van der Waals surface area contributed by atoms with Crippen LogP contribution in [-0.4, -0.2) is 29.8 Å². The molecule has 0 saturated carbocycles. The minimum Gasteiger partial charge on any atom is -0.369 e. The molecule has 1 fully saturated rings. The molecular formula is C20H27N3O2. The van der Waals surface area contributed by atoms with Crippen LogP contribution in [0, 0.1) is 11.8 Å². The molecule has 134 valence electrons. The maximum absolute atomic E-state index is 12.5. The molecule has 5 nitrogen and oxygen atoms in total. The standard InChI is InChI=1S/C20H27N3O2/c21-19(24)17-10-6-12-23(14-17)13-16-9-4-5-11-18(16)22-20(25)15-7-2-1-3-8-15/h1-2,4-5,9,11,15,17H,3,6-8,10,12-14H2,(H2,21,24)(H,22,25)/t15-,17+/m1/s1. The molecule has 1 heterocycles. The first kappa shape index (κ1) is 17.7. The lowest BCUT2D eigenvalue weighted by atomic mass is 9.93. The van der Waals surface area contributed by atoms with Crippen molar-refractivity contribution in [2.24, 2.45) is 17.6 Å². The van der Waals surface area contributed by atoms with E-state index in [4.69, 9.17) is 5.73 Å². The van der Waals surface area contributed by atoms with Gasteiger partial charge in [0.15, 0.2) is 0 Å². The predicted octanol–water partition coefficient (Wildman–Crippen LogP) is 2.68. The van der Waals surface area contributed by atoms with Gasteiger partial charge in [-0.3, -0.25) is 14.5 Å². The number of benzene rings is 1. The molecule has 1 aliphatic carbocycles. The highest BCUT2D eigenvalue weighted by molar-refractivity contribution is 5.93. The van der Waals surface area contributed by atoms with E-state index in [-0.39, 0.29) is 23.7 Å². The van der Waals surface area contributed by atoms with E-state index in [1.807, 2.05) is 24.3 Å². The van der Waals surface area contributed by atoms with Crippen LogP contribution in [0.2, 0.25) is 0 Å². The van der Waals surface area contributed by atoms with Gasteiger partial charge in [-0.15, -0.1) is 0 Å². The van der Waals surface area contributed by atoms with Crippen LogP contribution < -0.4 is 11.1 Å². The van der Waals surface area contributed by atoms with Crippen LogP contribution in [-0.2, 0) is 16.1 Å². The Labute approximate surface area is 149 Å². The fourth-order valence-corrected chi connectivity index (χ4v) is 3.72. The number of anilines is 1. The lowest BCUT2D eigenvalue weighted by molar-refractivity contribution is -0.123. The number of primary amides is 1. The fourth-order valence-electron chi connectivity index (χ4n) is 3.72. The number of nitrogens with one attached hydrogen (secondary N) is 1. The van der Waals surface area contributed by atoms with E-state index in [1.165, 1.54) is 0 Å². The van der Waals surface area contributed by atoms with Crippen LogP contribution in [0.5, 0.6) is 0 Å². The number of hydrogen-bond acceptors (Lipinski definition) is 3. The number of piperidine rings is 1. The second kappa shape index (κ2) is 8.30. The van der Waals surface area contributed by atoms with Gasteiger partial charge < -0.3 is 11.1 Å². The summed E-state index contributed by atoms with van der Waals surface area (Å²) < 4.78 is 0. The van der Waals surface area contributed by atoms with Gasteiger partial charge in [0, 0.05) is 24.7 Å². The smallest absolute Gasteiger partial charge is 0.227 e. The van der Waals surface area contributed by atoms with E-state index in [2.05, 4.69) is 22.4 Å². The highest BCUT2D eigenvalue weighted by Gasteiger charge is 2.25. The zero-order chi connectivity index (χ0) is 17.6. The van der Waals surface area contributed by atoms with E-state index in [9.17, 15) is 9.59 Å². The van der Waals surface area contributed by atoms with Gasteiger partial charge in [-0.05, 0) is 50.3 Å². The van der Waals surface area contributed by atoms with Gasteiger partial charge in [0.25, 0.3) is 0 Å². The first-order valence-corrected chi connectivity index (χ1v) is 9.19. The Morgan fingerprint density at radius 1 is 1.16 bits per heavy atom. The van der Waals surface area contributed by atoms with Gasteiger partial charge >= 0.3 is 0 Å². The second-order valence-corrected chi connectivity index (χ2v) is 7.10. The fraction of sp³-hybridized carbons (Fsp3) is 0.500. The zero-order valence-electron chi connectivity index (χ0n) is 14.6. The van der Waals surface area contributed by atoms with Gasteiger partial charge in [-0.1, -0.05) is 30.4 Å². The second-order valence-electron chi connectivity index (χ2n) is 7.10. The molecule has 25 heavy (non-hydrogen) atoms. The maximum Gasteiger partial charge on any atom is 0.227 e. The number of likely N-dealkylation sites (tertiary alicyclic amines) is 1. The predicted molar refractivity (Wildman–Crippen MR) is 98.7 cm³/mol. The minimum atomic E-state index is -0.211. The van der Waals surface area contributed by atoms with Crippen molar-refractivity contribution in [1.82, 2.24) is 4.90 Å². The topological polar surface area (TPSA) is 75.4 Å². The van der Waals surface area contributed by atoms with Gasteiger partial charge in [-0.2, -0.15) is 0 Å². The Balaban J connectivity index is 1.65. The first-order chi connectivity index (χ1) is 12.1. The molecule has 3 N–H and O–H groups in total. The third kappa shape index (κ3) is 4.69. The van der Waals surface area contributed by atoms with Crippen molar-refractivity contribution < 1.29 is 9.59 Å². The molecular weight excluding hydrogens is 314 g/mol. The number of rotatable bonds is 5. The third-order valence-electron chi connectivity index (χ3n) is 5.22. The summed E-state index contributed by atoms with van der Waals surface area (Å²) in [7, 11) is 0. The van der Waals surface area contributed by atoms with Crippen LogP contribution in [0.3, 0.4) is 0 Å². The number of para-hydroxylation sites is 1. The Morgan fingerprint density at radius 2 is 2.00 bits per heavy atom. The monoisotopic (exact) mass is 341 g/mol. The molecule has 2 aliphatic rings. The maximum atomic E-state index is 12.5. The first-order valence-electron chi connectivity index (χ1n) is 9.19. The molecule has 0 radical (unpaired) electrons. The molecule has 2 atom stereocenters. The third-order valence-corrected chi connectivity index (χ3v) is 5.22. The minimum absolute atomic E-state index is 0.0623. The SMILES string of the molecule is NC(=O)[C@H]1CCCN(Cc2ccccc2NC(=O)[C@@H]2CC=CCC2)C1. The summed E-state index contributed by atoms with van der Waals surface area (Å²) in [6, 6.07) is 7.94. The molecule has 1 saturated heterocycles. The summed E-state index contributed by atoms with van der Waals surface area (Å²) in [5, 5.41) is 3.11. The van der Waals surface area contributed by atoms with E-state index >= 15 is 0 Å². The highest BCUT2D eigenvalue weighted by atomic mass is 16.2. The summed E-state index contributed by atoms with van der Waals surface area (Å²) in [5.74, 6) is -0.112. The van der Waals surface area contributed by atoms with Crippen molar-refractivity contribution in [1.29, 1.82) is 0 Å². The number of hydrogen-bond donors (Lipinski definition) is 2. The van der Waals surface area contributed by atoms with Crippen molar-refractivity contribution >= 4 is 17.5 Å².